The van der Waals surface area contributed by atoms with Crippen molar-refractivity contribution in [1.82, 2.24) is 14.6 Å². The summed E-state index contributed by atoms with van der Waals surface area (Å²) in [6.07, 6.45) is 4.86. The van der Waals surface area contributed by atoms with Gasteiger partial charge in [-0.1, -0.05) is 24.3 Å². The molecule has 1 amide bonds. The number of carbonyl (C=O) groups is 1. The van der Waals surface area contributed by atoms with Gasteiger partial charge in [-0.25, -0.2) is 14.6 Å². The van der Waals surface area contributed by atoms with Crippen LogP contribution < -0.4 is 5.43 Å². The normalized spacial score (nSPS) is 11.2. The summed E-state index contributed by atoms with van der Waals surface area (Å²) in [5.74, 6) is 0.00690. The highest BCUT2D eigenvalue weighted by Gasteiger charge is 2.07. The van der Waals surface area contributed by atoms with Gasteiger partial charge in [-0.2, -0.15) is 0 Å². The van der Waals surface area contributed by atoms with Crippen molar-refractivity contribution in [2.75, 3.05) is 5.43 Å². The summed E-state index contributed by atoms with van der Waals surface area (Å²) < 4.78 is 2.91. The maximum atomic E-state index is 12.1. The molecule has 0 aliphatic heterocycles. The molecule has 126 valence electrons. The molecule has 4 rings (SSSR count). The van der Waals surface area contributed by atoms with Crippen molar-refractivity contribution in [2.24, 2.45) is 0 Å². The van der Waals surface area contributed by atoms with Crippen molar-refractivity contribution < 1.29 is 4.79 Å². The molecule has 5 nitrogen and oxygen atoms in total. The highest BCUT2D eigenvalue weighted by molar-refractivity contribution is 7.18. The monoisotopic (exact) mass is 350 g/mol. The summed E-state index contributed by atoms with van der Waals surface area (Å²) in [5, 5.41) is 1.14. The van der Waals surface area contributed by atoms with E-state index in [4.69, 9.17) is 0 Å². The predicted octanol–water partition coefficient (Wildman–Crippen LogP) is 4.13. The third-order valence-electron chi connectivity index (χ3n) is 4.08. The molecule has 6 heteroatoms. The highest BCUT2D eigenvalue weighted by Crippen LogP contribution is 2.22. The zero-order chi connectivity index (χ0) is 17.1. The fourth-order valence-corrected chi connectivity index (χ4v) is 3.84. The number of aromatic nitrogens is 3. The molecule has 1 N–H and O–H groups in total. The number of aryl methyl sites for hydroxylation is 1. The maximum Gasteiger partial charge on any atom is 0.238 e. The van der Waals surface area contributed by atoms with Gasteiger partial charge in [0.05, 0.1) is 26.3 Å². The standard InChI is InChI=1S/C19H18N4OS/c24-18(22-23-13-20-14-7-1-3-9-16(14)23)11-5-6-12-19-21-15-8-2-4-10-17(15)25-19/h1-4,7-10,13H,5-6,11-12H2,(H,22,24). The summed E-state index contributed by atoms with van der Waals surface area (Å²) in [6.45, 7) is 0. The minimum atomic E-state index is 0.00690. The van der Waals surface area contributed by atoms with Crippen molar-refractivity contribution in [3.63, 3.8) is 0 Å². The number of nitrogens with zero attached hydrogens (tertiary/aromatic N) is 3. The smallest absolute Gasteiger partial charge is 0.238 e. The minimum absolute atomic E-state index is 0.00690. The van der Waals surface area contributed by atoms with Gasteiger partial charge in [-0.3, -0.25) is 10.2 Å². The Morgan fingerprint density at radius 2 is 1.84 bits per heavy atom. The first-order valence-electron chi connectivity index (χ1n) is 8.36. The molecule has 0 spiro atoms. The van der Waals surface area contributed by atoms with Crippen LogP contribution in [0.3, 0.4) is 0 Å². The first-order chi connectivity index (χ1) is 12.3. The number of rotatable bonds is 6. The lowest BCUT2D eigenvalue weighted by atomic mass is 10.2. The number of imidazole rings is 1. The van der Waals surface area contributed by atoms with Gasteiger partial charge in [0.15, 0.2) is 0 Å². The molecule has 25 heavy (non-hydrogen) atoms. The van der Waals surface area contributed by atoms with Crippen molar-refractivity contribution in [3.05, 3.63) is 59.9 Å². The third kappa shape index (κ3) is 3.53. The summed E-state index contributed by atoms with van der Waals surface area (Å²) in [7, 11) is 0. The summed E-state index contributed by atoms with van der Waals surface area (Å²) in [4.78, 5) is 21.0. The largest absolute Gasteiger partial charge is 0.273 e. The first-order valence-corrected chi connectivity index (χ1v) is 9.18. The lowest BCUT2D eigenvalue weighted by molar-refractivity contribution is -0.117. The van der Waals surface area contributed by atoms with Crippen LogP contribution in [0.1, 0.15) is 24.3 Å². The quantitative estimate of drug-likeness (QED) is 0.532. The van der Waals surface area contributed by atoms with Crippen molar-refractivity contribution in [1.29, 1.82) is 0 Å². The molecular weight excluding hydrogens is 332 g/mol. The molecule has 4 aromatic rings. The van der Waals surface area contributed by atoms with E-state index in [1.54, 1.807) is 22.3 Å². The number of nitrogens with one attached hydrogen (secondary N) is 1. The number of unbranched alkanes of at least 4 members (excludes halogenated alkanes) is 1. The fourth-order valence-electron chi connectivity index (χ4n) is 2.83. The second kappa shape index (κ2) is 7.03. The van der Waals surface area contributed by atoms with Crippen molar-refractivity contribution >= 4 is 38.5 Å². The van der Waals surface area contributed by atoms with Crippen LogP contribution in [-0.4, -0.2) is 20.6 Å². The number of fused-ring (bicyclic) bond motifs is 2. The number of thiazole rings is 1. The van der Waals surface area contributed by atoms with Gasteiger partial charge in [0, 0.05) is 6.42 Å². The number of hydrogen-bond acceptors (Lipinski definition) is 4. The van der Waals surface area contributed by atoms with Crippen LogP contribution in [0.5, 0.6) is 0 Å². The molecule has 2 aromatic carbocycles. The summed E-state index contributed by atoms with van der Waals surface area (Å²) in [5.41, 5.74) is 5.73. The Labute approximate surface area is 149 Å². The van der Waals surface area contributed by atoms with Crippen LogP contribution in [0, 0.1) is 0 Å². The van der Waals surface area contributed by atoms with Gasteiger partial charge < -0.3 is 0 Å². The van der Waals surface area contributed by atoms with E-state index in [9.17, 15) is 4.79 Å². The van der Waals surface area contributed by atoms with Crippen molar-refractivity contribution in [2.45, 2.75) is 25.7 Å². The van der Waals surface area contributed by atoms with E-state index < -0.39 is 0 Å². The maximum absolute atomic E-state index is 12.1. The second-order valence-electron chi connectivity index (χ2n) is 5.92. The van der Waals surface area contributed by atoms with Gasteiger partial charge in [-0.05, 0) is 43.5 Å². The van der Waals surface area contributed by atoms with E-state index in [1.807, 2.05) is 42.5 Å². The van der Waals surface area contributed by atoms with Gasteiger partial charge >= 0.3 is 0 Å². The van der Waals surface area contributed by atoms with E-state index in [0.29, 0.717) is 6.42 Å². The highest BCUT2D eigenvalue weighted by atomic mass is 32.1. The number of para-hydroxylation sites is 3. The Morgan fingerprint density at radius 1 is 1.04 bits per heavy atom. The Bertz CT molecular complexity index is 987. The SMILES string of the molecule is O=C(CCCCc1nc2ccccc2s1)Nn1cnc2ccccc21. The molecule has 0 fully saturated rings. The molecular formula is C19H18N4OS. The third-order valence-corrected chi connectivity index (χ3v) is 5.18. The Hall–Kier alpha value is -2.73. The fraction of sp³-hybridized carbons (Fsp3) is 0.211. The topological polar surface area (TPSA) is 59.8 Å². The molecule has 2 aromatic heterocycles. The molecule has 2 heterocycles. The van der Waals surface area contributed by atoms with Crippen LogP contribution in [0.15, 0.2) is 54.9 Å². The van der Waals surface area contributed by atoms with Gasteiger partial charge in [0.25, 0.3) is 0 Å². The summed E-state index contributed by atoms with van der Waals surface area (Å²) >= 11 is 1.74. The predicted molar refractivity (Wildman–Crippen MR) is 101 cm³/mol. The molecule has 0 atom stereocenters. The van der Waals surface area contributed by atoms with Crippen LogP contribution in [0.2, 0.25) is 0 Å². The lowest BCUT2D eigenvalue weighted by Gasteiger charge is -2.06. The number of amides is 1. The first kappa shape index (κ1) is 15.8. The van der Waals surface area contributed by atoms with Crippen LogP contribution in [0.4, 0.5) is 0 Å². The molecule has 0 saturated carbocycles. The van der Waals surface area contributed by atoms with Gasteiger partial charge in [0.2, 0.25) is 5.91 Å². The second-order valence-corrected chi connectivity index (χ2v) is 7.04. The number of benzene rings is 2. The van der Waals surface area contributed by atoms with E-state index >= 15 is 0 Å². The minimum Gasteiger partial charge on any atom is -0.273 e. The Kier molecular flexibility index (Phi) is 4.43. The average molecular weight is 350 g/mol. The number of carbonyl (C=O) groups excluding carboxylic acids is 1. The number of hydrogen-bond donors (Lipinski definition) is 1. The summed E-state index contributed by atoms with van der Waals surface area (Å²) in [6, 6.07) is 15.9. The van der Waals surface area contributed by atoms with Crippen molar-refractivity contribution in [3.8, 4) is 0 Å². The van der Waals surface area contributed by atoms with Gasteiger partial charge in [-0.15, -0.1) is 11.3 Å². The van der Waals surface area contributed by atoms with E-state index in [0.717, 1.165) is 40.8 Å². The van der Waals surface area contributed by atoms with E-state index in [-0.39, 0.29) is 5.91 Å². The van der Waals surface area contributed by atoms with E-state index in [1.165, 1.54) is 4.70 Å². The molecule has 0 unspecified atom stereocenters. The van der Waals surface area contributed by atoms with Crippen LogP contribution >= 0.6 is 11.3 Å². The molecule has 0 aliphatic rings. The van der Waals surface area contributed by atoms with E-state index in [2.05, 4.69) is 21.5 Å². The lowest BCUT2D eigenvalue weighted by Crippen LogP contribution is -2.21. The van der Waals surface area contributed by atoms with Gasteiger partial charge in [0.1, 0.15) is 6.33 Å². The molecule has 0 aliphatic carbocycles. The van der Waals surface area contributed by atoms with Crippen LogP contribution in [0.25, 0.3) is 21.3 Å². The Balaban J connectivity index is 1.27. The molecule has 0 bridgehead atoms. The zero-order valence-electron chi connectivity index (χ0n) is 13.7. The average Bonchev–Trinajstić information content (AvgIpc) is 3.23. The van der Waals surface area contributed by atoms with Crippen LogP contribution in [-0.2, 0) is 11.2 Å². The molecule has 0 radical (unpaired) electrons. The Morgan fingerprint density at radius 3 is 2.72 bits per heavy atom. The molecule has 0 saturated heterocycles. The zero-order valence-corrected chi connectivity index (χ0v) is 14.5.